The summed E-state index contributed by atoms with van der Waals surface area (Å²) >= 11 is 0. The maximum absolute atomic E-state index is 12.6. The summed E-state index contributed by atoms with van der Waals surface area (Å²) in [6, 6.07) is 0. The van der Waals surface area contributed by atoms with Crippen LogP contribution < -0.4 is 0 Å². The molecule has 0 aromatic rings. The van der Waals surface area contributed by atoms with Crippen molar-refractivity contribution in [2.75, 3.05) is 6.61 Å². The van der Waals surface area contributed by atoms with Crippen LogP contribution in [0.2, 0.25) is 0 Å². The predicted molar refractivity (Wildman–Crippen MR) is 47.8 cm³/mol. The quantitative estimate of drug-likeness (QED) is 0.760. The van der Waals surface area contributed by atoms with Gasteiger partial charge in [-0.2, -0.15) is 13.2 Å². The lowest BCUT2D eigenvalue weighted by Gasteiger charge is -2.36. The van der Waals surface area contributed by atoms with Crippen molar-refractivity contribution in [3.8, 4) is 0 Å². The number of alkyl halides is 3. The van der Waals surface area contributed by atoms with Crippen LogP contribution in [0.25, 0.3) is 0 Å². The van der Waals surface area contributed by atoms with E-state index in [-0.39, 0.29) is 18.8 Å². The molecule has 1 N–H and O–H groups in total. The van der Waals surface area contributed by atoms with Gasteiger partial charge in [-0.25, -0.2) is 0 Å². The third-order valence-corrected chi connectivity index (χ3v) is 3.61. The monoisotopic (exact) mass is 238 g/mol. The first-order valence-corrected chi connectivity index (χ1v) is 5.30. The molecule has 1 heterocycles. The molecule has 16 heavy (non-hydrogen) atoms. The van der Waals surface area contributed by atoms with Gasteiger partial charge >= 0.3 is 12.1 Å². The van der Waals surface area contributed by atoms with Crippen LogP contribution in [0.3, 0.4) is 0 Å². The van der Waals surface area contributed by atoms with Crippen LogP contribution in [0.4, 0.5) is 13.2 Å². The number of aliphatic carboxylic acids is 1. The van der Waals surface area contributed by atoms with E-state index in [0.717, 1.165) is 0 Å². The molecule has 2 rings (SSSR count). The molecule has 0 amide bonds. The number of ether oxygens (including phenoxy) is 1. The number of carbonyl (C=O) groups is 1. The number of fused-ring (bicyclic) bond motifs is 1. The number of rotatable bonds is 1. The van der Waals surface area contributed by atoms with Crippen LogP contribution in [0.15, 0.2) is 0 Å². The molecule has 1 saturated carbocycles. The Kier molecular flexibility index (Phi) is 2.86. The van der Waals surface area contributed by atoms with Crippen molar-refractivity contribution in [2.24, 2.45) is 17.8 Å². The van der Waals surface area contributed by atoms with Crippen molar-refractivity contribution >= 4 is 5.97 Å². The summed E-state index contributed by atoms with van der Waals surface area (Å²) in [5.74, 6) is -3.81. The highest BCUT2D eigenvalue weighted by Crippen LogP contribution is 2.46. The standard InChI is InChI=1S/C10H13F3O3/c11-10(12,13)5-3-7(9(14)15)6-1-2-16-8(6)4-5/h5-8H,1-4H2,(H,14,15)/t5-,6+,7+,8-/m0/s1. The van der Waals surface area contributed by atoms with Gasteiger partial charge in [-0.1, -0.05) is 0 Å². The molecule has 1 saturated heterocycles. The molecular weight excluding hydrogens is 225 g/mol. The highest BCUT2D eigenvalue weighted by atomic mass is 19.4. The Labute approximate surface area is 90.6 Å². The van der Waals surface area contributed by atoms with Gasteiger partial charge < -0.3 is 9.84 Å². The van der Waals surface area contributed by atoms with Gasteiger partial charge in [0.05, 0.1) is 17.9 Å². The largest absolute Gasteiger partial charge is 0.481 e. The van der Waals surface area contributed by atoms with Gasteiger partial charge in [-0.05, 0) is 19.3 Å². The topological polar surface area (TPSA) is 46.5 Å². The fourth-order valence-corrected chi connectivity index (χ4v) is 2.78. The molecule has 2 fully saturated rings. The Bertz CT molecular complexity index is 290. The maximum atomic E-state index is 12.6. The van der Waals surface area contributed by atoms with Crippen LogP contribution in [-0.2, 0) is 9.53 Å². The molecule has 92 valence electrons. The minimum Gasteiger partial charge on any atom is -0.481 e. The molecule has 0 bridgehead atoms. The molecule has 0 aromatic heterocycles. The summed E-state index contributed by atoms with van der Waals surface area (Å²) < 4.78 is 43.0. The maximum Gasteiger partial charge on any atom is 0.391 e. The summed E-state index contributed by atoms with van der Waals surface area (Å²) in [6.07, 6.45) is -4.67. The normalized spacial score (nSPS) is 39.4. The van der Waals surface area contributed by atoms with Gasteiger partial charge in [0.15, 0.2) is 0 Å². The summed E-state index contributed by atoms with van der Waals surface area (Å²) in [6.45, 7) is 0.379. The van der Waals surface area contributed by atoms with Crippen molar-refractivity contribution in [1.29, 1.82) is 0 Å². The molecule has 4 atom stereocenters. The number of carboxylic acid groups (broad SMARTS) is 1. The first kappa shape index (κ1) is 11.7. The van der Waals surface area contributed by atoms with E-state index in [2.05, 4.69) is 0 Å². The second kappa shape index (κ2) is 3.91. The minimum absolute atomic E-state index is 0.0854. The Morgan fingerprint density at radius 3 is 2.56 bits per heavy atom. The molecule has 0 radical (unpaired) electrons. The lowest BCUT2D eigenvalue weighted by Crippen LogP contribution is -2.42. The van der Waals surface area contributed by atoms with Gasteiger partial charge in [-0.15, -0.1) is 0 Å². The molecular formula is C10H13F3O3. The molecule has 2 aliphatic rings. The summed E-state index contributed by atoms with van der Waals surface area (Å²) in [4.78, 5) is 10.9. The van der Waals surface area contributed by atoms with E-state index >= 15 is 0 Å². The van der Waals surface area contributed by atoms with Gasteiger partial charge in [-0.3, -0.25) is 4.79 Å². The highest BCUT2D eigenvalue weighted by Gasteiger charge is 2.52. The summed E-state index contributed by atoms with van der Waals surface area (Å²) in [5, 5.41) is 8.95. The fourth-order valence-electron chi connectivity index (χ4n) is 2.78. The number of hydrogen-bond acceptors (Lipinski definition) is 2. The third kappa shape index (κ3) is 2.03. The third-order valence-electron chi connectivity index (χ3n) is 3.61. The zero-order valence-corrected chi connectivity index (χ0v) is 8.54. The lowest BCUT2D eigenvalue weighted by atomic mass is 9.72. The number of halogens is 3. The van der Waals surface area contributed by atoms with Gasteiger partial charge in [0.1, 0.15) is 0 Å². The van der Waals surface area contributed by atoms with Gasteiger partial charge in [0.2, 0.25) is 0 Å². The first-order valence-electron chi connectivity index (χ1n) is 5.30. The van der Waals surface area contributed by atoms with E-state index in [9.17, 15) is 18.0 Å². The van der Waals surface area contributed by atoms with E-state index in [1.807, 2.05) is 0 Å². The van der Waals surface area contributed by atoms with E-state index < -0.39 is 30.1 Å². The van der Waals surface area contributed by atoms with Crippen molar-refractivity contribution < 1.29 is 27.8 Å². The second-order valence-electron chi connectivity index (χ2n) is 4.52. The second-order valence-corrected chi connectivity index (χ2v) is 4.52. The van der Waals surface area contributed by atoms with Crippen LogP contribution >= 0.6 is 0 Å². The van der Waals surface area contributed by atoms with E-state index in [4.69, 9.17) is 9.84 Å². The molecule has 1 aliphatic carbocycles. The van der Waals surface area contributed by atoms with Gasteiger partial charge in [0.25, 0.3) is 0 Å². The van der Waals surface area contributed by atoms with Crippen LogP contribution in [0, 0.1) is 17.8 Å². The average molecular weight is 238 g/mol. The molecule has 1 aliphatic heterocycles. The zero-order valence-electron chi connectivity index (χ0n) is 8.54. The van der Waals surface area contributed by atoms with Crippen molar-refractivity contribution in [1.82, 2.24) is 0 Å². The fraction of sp³-hybridized carbons (Fsp3) is 0.900. The van der Waals surface area contributed by atoms with Gasteiger partial charge in [0, 0.05) is 12.5 Å². The molecule has 0 spiro atoms. The lowest BCUT2D eigenvalue weighted by molar-refractivity contribution is -0.200. The van der Waals surface area contributed by atoms with E-state index in [1.165, 1.54) is 0 Å². The zero-order chi connectivity index (χ0) is 11.9. The van der Waals surface area contributed by atoms with E-state index in [0.29, 0.717) is 13.0 Å². The Balaban J connectivity index is 2.16. The smallest absolute Gasteiger partial charge is 0.391 e. The average Bonchev–Trinajstić information content (AvgIpc) is 2.61. The first-order chi connectivity index (χ1) is 7.39. The van der Waals surface area contributed by atoms with Crippen molar-refractivity contribution in [2.45, 2.75) is 31.5 Å². The summed E-state index contributed by atoms with van der Waals surface area (Å²) in [5.41, 5.74) is 0. The summed E-state index contributed by atoms with van der Waals surface area (Å²) in [7, 11) is 0. The Morgan fingerprint density at radius 2 is 2.00 bits per heavy atom. The molecule has 0 unspecified atom stereocenters. The minimum atomic E-state index is -4.31. The molecule has 3 nitrogen and oxygen atoms in total. The molecule has 0 aromatic carbocycles. The van der Waals surface area contributed by atoms with E-state index in [1.54, 1.807) is 0 Å². The van der Waals surface area contributed by atoms with Crippen LogP contribution in [0.5, 0.6) is 0 Å². The van der Waals surface area contributed by atoms with Crippen LogP contribution in [-0.4, -0.2) is 30.0 Å². The Hall–Kier alpha value is -0.780. The predicted octanol–water partition coefficient (Wildman–Crippen LogP) is 2.06. The molecule has 6 heteroatoms. The Morgan fingerprint density at radius 1 is 1.31 bits per heavy atom. The number of hydrogen-bond donors (Lipinski definition) is 1. The van der Waals surface area contributed by atoms with Crippen LogP contribution in [0.1, 0.15) is 19.3 Å². The van der Waals surface area contributed by atoms with Crippen molar-refractivity contribution in [3.05, 3.63) is 0 Å². The number of carboxylic acids is 1. The highest BCUT2D eigenvalue weighted by molar-refractivity contribution is 5.70. The SMILES string of the molecule is O=C(O)[C@@H]1C[C@H](C(F)(F)F)C[C@@H]2OCC[C@@H]21. The van der Waals surface area contributed by atoms with Crippen molar-refractivity contribution in [3.63, 3.8) is 0 Å².